The molecule has 0 amide bonds. The van der Waals surface area contributed by atoms with Crippen LogP contribution in [0.2, 0.25) is 5.02 Å². The van der Waals surface area contributed by atoms with Crippen LogP contribution in [0.15, 0.2) is 38.3 Å². The van der Waals surface area contributed by atoms with E-state index in [0.717, 1.165) is 11.3 Å². The molecule has 0 saturated carbocycles. The van der Waals surface area contributed by atoms with E-state index in [4.69, 9.17) is 11.6 Å². The minimum atomic E-state index is -3.68. The molecule has 8 heteroatoms. The molecule has 1 aromatic carbocycles. The fourth-order valence-corrected chi connectivity index (χ4v) is 4.95. The van der Waals surface area contributed by atoms with Gasteiger partial charge in [-0.2, -0.15) is 0 Å². The summed E-state index contributed by atoms with van der Waals surface area (Å²) in [6.07, 6.45) is 0. The van der Waals surface area contributed by atoms with Crippen molar-refractivity contribution < 1.29 is 13.5 Å². The number of benzene rings is 1. The van der Waals surface area contributed by atoms with Gasteiger partial charge in [-0.15, -0.1) is 11.3 Å². The van der Waals surface area contributed by atoms with Crippen molar-refractivity contribution in [1.82, 2.24) is 0 Å². The van der Waals surface area contributed by atoms with Crippen LogP contribution in [-0.2, 0) is 10.0 Å². The Kier molecular flexibility index (Phi) is 3.86. The van der Waals surface area contributed by atoms with Crippen molar-refractivity contribution in [1.29, 1.82) is 0 Å². The highest BCUT2D eigenvalue weighted by molar-refractivity contribution is 9.10. The number of rotatable bonds is 3. The zero-order valence-electron chi connectivity index (χ0n) is 8.72. The average molecular weight is 369 g/mol. The SMILES string of the molecule is O=S(=O)(Nc1ccc(O)cc1Cl)c1sccc1Br. The molecule has 0 spiro atoms. The number of nitrogens with one attached hydrogen (secondary N) is 1. The first-order chi connectivity index (χ1) is 8.40. The molecule has 18 heavy (non-hydrogen) atoms. The third kappa shape index (κ3) is 2.80. The summed E-state index contributed by atoms with van der Waals surface area (Å²) in [7, 11) is -3.68. The minimum Gasteiger partial charge on any atom is -0.508 e. The molecule has 0 aliphatic heterocycles. The van der Waals surface area contributed by atoms with E-state index in [9.17, 15) is 13.5 Å². The Hall–Kier alpha value is -0.760. The van der Waals surface area contributed by atoms with Gasteiger partial charge in [0.2, 0.25) is 0 Å². The van der Waals surface area contributed by atoms with Gasteiger partial charge in [0, 0.05) is 10.5 Å². The Labute approximate surface area is 121 Å². The summed E-state index contributed by atoms with van der Waals surface area (Å²) < 4.78 is 27.2. The first kappa shape index (κ1) is 13.7. The predicted octanol–water partition coefficient (Wildman–Crippen LogP) is 3.67. The van der Waals surface area contributed by atoms with Gasteiger partial charge in [-0.3, -0.25) is 4.72 Å². The number of aromatic hydroxyl groups is 1. The third-order valence-corrected chi connectivity index (χ3v) is 6.37. The van der Waals surface area contributed by atoms with E-state index in [0.29, 0.717) is 4.47 Å². The second-order valence-corrected chi connectivity index (χ2v) is 7.38. The number of sulfonamides is 1. The molecule has 0 unspecified atom stereocenters. The van der Waals surface area contributed by atoms with Gasteiger partial charge in [0.1, 0.15) is 5.75 Å². The van der Waals surface area contributed by atoms with E-state index in [1.165, 1.54) is 18.2 Å². The monoisotopic (exact) mass is 367 g/mol. The van der Waals surface area contributed by atoms with Crippen molar-refractivity contribution in [2.45, 2.75) is 4.21 Å². The Morgan fingerprint density at radius 3 is 2.61 bits per heavy atom. The van der Waals surface area contributed by atoms with Crippen molar-refractivity contribution in [3.8, 4) is 5.75 Å². The van der Waals surface area contributed by atoms with Crippen LogP contribution >= 0.6 is 38.9 Å². The second kappa shape index (κ2) is 5.08. The zero-order valence-corrected chi connectivity index (χ0v) is 12.7. The van der Waals surface area contributed by atoms with Crippen molar-refractivity contribution >= 4 is 54.6 Å². The summed E-state index contributed by atoms with van der Waals surface area (Å²) in [5.74, 6) is -0.0275. The molecule has 0 fully saturated rings. The molecule has 96 valence electrons. The van der Waals surface area contributed by atoms with Crippen LogP contribution in [0.1, 0.15) is 0 Å². The van der Waals surface area contributed by atoms with E-state index in [1.807, 2.05) is 0 Å². The number of phenols is 1. The summed E-state index contributed by atoms with van der Waals surface area (Å²) in [4.78, 5) is 0. The summed E-state index contributed by atoms with van der Waals surface area (Å²) in [5.41, 5.74) is 0.217. The maximum Gasteiger partial charge on any atom is 0.272 e. The van der Waals surface area contributed by atoms with E-state index < -0.39 is 10.0 Å². The molecule has 2 N–H and O–H groups in total. The zero-order chi connectivity index (χ0) is 13.3. The van der Waals surface area contributed by atoms with Crippen LogP contribution in [0.4, 0.5) is 5.69 Å². The fourth-order valence-electron chi connectivity index (χ4n) is 1.25. The van der Waals surface area contributed by atoms with Crippen LogP contribution in [0.3, 0.4) is 0 Å². The maximum absolute atomic E-state index is 12.1. The molecule has 1 aromatic heterocycles. The first-order valence-corrected chi connectivity index (χ1v) is 8.18. The molecular weight excluding hydrogens is 362 g/mol. The van der Waals surface area contributed by atoms with Crippen LogP contribution < -0.4 is 4.72 Å². The summed E-state index contributed by atoms with van der Waals surface area (Å²) in [5, 5.41) is 11.0. The lowest BCUT2D eigenvalue weighted by atomic mass is 10.3. The van der Waals surface area contributed by atoms with Crippen LogP contribution in [0.25, 0.3) is 0 Å². The quantitative estimate of drug-likeness (QED) is 0.812. The highest BCUT2D eigenvalue weighted by atomic mass is 79.9. The van der Waals surface area contributed by atoms with Gasteiger partial charge in [-0.05, 0) is 39.5 Å². The smallest absolute Gasteiger partial charge is 0.272 e. The number of anilines is 1. The standard InChI is InChI=1S/C10H7BrClNO3S2/c11-7-3-4-17-10(7)18(15,16)13-9-2-1-6(14)5-8(9)12/h1-5,13-14H. The third-order valence-electron chi connectivity index (χ3n) is 2.03. The Balaban J connectivity index is 2.37. The van der Waals surface area contributed by atoms with Crippen LogP contribution in [0.5, 0.6) is 5.75 Å². The summed E-state index contributed by atoms with van der Waals surface area (Å²) in [6, 6.07) is 5.67. The number of hydrogen-bond donors (Lipinski definition) is 2. The first-order valence-electron chi connectivity index (χ1n) is 4.64. The van der Waals surface area contributed by atoms with E-state index in [2.05, 4.69) is 20.7 Å². The van der Waals surface area contributed by atoms with Gasteiger partial charge in [-0.1, -0.05) is 11.6 Å². The normalized spacial score (nSPS) is 11.4. The van der Waals surface area contributed by atoms with Crippen molar-refractivity contribution in [3.63, 3.8) is 0 Å². The van der Waals surface area contributed by atoms with Crippen molar-refractivity contribution in [2.24, 2.45) is 0 Å². The van der Waals surface area contributed by atoms with Gasteiger partial charge in [-0.25, -0.2) is 8.42 Å². The predicted molar refractivity (Wildman–Crippen MR) is 75.9 cm³/mol. The lowest BCUT2D eigenvalue weighted by Gasteiger charge is -2.08. The Morgan fingerprint density at radius 1 is 1.33 bits per heavy atom. The minimum absolute atomic E-state index is 0.0275. The maximum atomic E-state index is 12.1. The molecule has 4 nitrogen and oxygen atoms in total. The highest BCUT2D eigenvalue weighted by Gasteiger charge is 2.20. The molecule has 1 heterocycles. The Bertz CT molecular complexity index is 684. The van der Waals surface area contributed by atoms with Gasteiger partial charge < -0.3 is 5.11 Å². The molecule has 0 atom stereocenters. The summed E-state index contributed by atoms with van der Waals surface area (Å²) >= 11 is 10.1. The molecular formula is C10H7BrClNO3S2. The summed E-state index contributed by atoms with van der Waals surface area (Å²) in [6.45, 7) is 0. The van der Waals surface area contributed by atoms with Gasteiger partial charge in [0.25, 0.3) is 10.0 Å². The number of phenolic OH excluding ortho intramolecular Hbond substituents is 1. The number of hydrogen-bond acceptors (Lipinski definition) is 4. The molecule has 0 saturated heterocycles. The number of halogens is 2. The lowest BCUT2D eigenvalue weighted by Crippen LogP contribution is -2.12. The molecule has 0 aliphatic carbocycles. The van der Waals surface area contributed by atoms with Gasteiger partial charge in [0.15, 0.2) is 4.21 Å². The topological polar surface area (TPSA) is 66.4 Å². The lowest BCUT2D eigenvalue weighted by molar-refractivity contribution is 0.475. The van der Waals surface area contributed by atoms with Crippen molar-refractivity contribution in [3.05, 3.63) is 39.1 Å². The van der Waals surface area contributed by atoms with Gasteiger partial charge in [0.05, 0.1) is 10.7 Å². The Morgan fingerprint density at radius 2 is 2.06 bits per heavy atom. The average Bonchev–Trinajstić information content (AvgIpc) is 2.69. The molecule has 0 radical (unpaired) electrons. The fraction of sp³-hybridized carbons (Fsp3) is 0. The highest BCUT2D eigenvalue weighted by Crippen LogP contribution is 2.32. The van der Waals surface area contributed by atoms with Gasteiger partial charge >= 0.3 is 0 Å². The van der Waals surface area contributed by atoms with Crippen LogP contribution in [-0.4, -0.2) is 13.5 Å². The van der Waals surface area contributed by atoms with E-state index >= 15 is 0 Å². The molecule has 2 rings (SSSR count). The van der Waals surface area contributed by atoms with E-state index in [-0.39, 0.29) is 20.7 Å². The largest absolute Gasteiger partial charge is 0.508 e. The van der Waals surface area contributed by atoms with Crippen LogP contribution in [0, 0.1) is 0 Å². The molecule has 0 aliphatic rings. The second-order valence-electron chi connectivity index (χ2n) is 3.33. The molecule has 0 bridgehead atoms. The molecule has 2 aromatic rings. The van der Waals surface area contributed by atoms with E-state index in [1.54, 1.807) is 11.4 Å². The number of thiophene rings is 1. The van der Waals surface area contributed by atoms with Crippen molar-refractivity contribution in [2.75, 3.05) is 4.72 Å².